The van der Waals surface area contributed by atoms with Gasteiger partial charge in [0.25, 0.3) is 0 Å². The Labute approximate surface area is 219 Å². The number of nitrogens with zero attached hydrogens (tertiary/aromatic N) is 5. The quantitative estimate of drug-likeness (QED) is 0.168. The second-order valence-corrected chi connectivity index (χ2v) is 9.97. The highest BCUT2D eigenvalue weighted by molar-refractivity contribution is 7.99. The third kappa shape index (κ3) is 7.53. The van der Waals surface area contributed by atoms with E-state index in [1.54, 1.807) is 0 Å². The van der Waals surface area contributed by atoms with Crippen LogP contribution < -0.4 is 5.32 Å². The number of anilines is 1. The molecule has 0 unspecified atom stereocenters. The monoisotopic (exact) mass is 516 g/mol. The molecule has 0 saturated heterocycles. The SMILES string of the molecule is CCn1c(CSCc2ccc(C)cc2)nnc1SCC(=O)Nc1ccc(N=Nc2ccccc2)cc1. The minimum Gasteiger partial charge on any atom is -0.325 e. The summed E-state index contributed by atoms with van der Waals surface area (Å²) in [7, 11) is 0. The Balaban J connectivity index is 1.25. The molecule has 0 spiro atoms. The van der Waals surface area contributed by atoms with Gasteiger partial charge in [-0.25, -0.2) is 0 Å². The summed E-state index contributed by atoms with van der Waals surface area (Å²) in [6.45, 7) is 4.92. The number of nitrogens with one attached hydrogen (secondary N) is 1. The highest BCUT2D eigenvalue weighted by Gasteiger charge is 2.13. The fourth-order valence-electron chi connectivity index (χ4n) is 3.34. The molecule has 0 aliphatic heterocycles. The zero-order valence-corrected chi connectivity index (χ0v) is 21.9. The molecule has 0 aliphatic rings. The van der Waals surface area contributed by atoms with E-state index in [-0.39, 0.29) is 11.7 Å². The summed E-state index contributed by atoms with van der Waals surface area (Å²) in [5, 5.41) is 20.8. The predicted molar refractivity (Wildman–Crippen MR) is 148 cm³/mol. The fraction of sp³-hybridized carbons (Fsp3) is 0.222. The number of benzene rings is 3. The minimum atomic E-state index is -0.0976. The van der Waals surface area contributed by atoms with Crippen LogP contribution in [0, 0.1) is 6.92 Å². The predicted octanol–water partition coefficient (Wildman–Crippen LogP) is 7.19. The maximum absolute atomic E-state index is 12.5. The van der Waals surface area contributed by atoms with Crippen LogP contribution in [0.3, 0.4) is 0 Å². The third-order valence-electron chi connectivity index (χ3n) is 5.25. The van der Waals surface area contributed by atoms with Crippen molar-refractivity contribution >= 4 is 46.5 Å². The van der Waals surface area contributed by atoms with Gasteiger partial charge in [0.1, 0.15) is 5.82 Å². The Morgan fingerprint density at radius 1 is 0.889 bits per heavy atom. The highest BCUT2D eigenvalue weighted by atomic mass is 32.2. The number of rotatable bonds is 11. The van der Waals surface area contributed by atoms with E-state index in [1.165, 1.54) is 22.9 Å². The largest absolute Gasteiger partial charge is 0.325 e. The minimum absolute atomic E-state index is 0.0976. The van der Waals surface area contributed by atoms with Gasteiger partial charge < -0.3 is 9.88 Å². The fourth-order valence-corrected chi connectivity index (χ4v) is 5.09. The van der Waals surface area contributed by atoms with Gasteiger partial charge in [0.15, 0.2) is 5.16 Å². The molecule has 1 heterocycles. The van der Waals surface area contributed by atoms with Gasteiger partial charge in [0.05, 0.1) is 22.9 Å². The van der Waals surface area contributed by atoms with Gasteiger partial charge in [-0.2, -0.15) is 10.2 Å². The Morgan fingerprint density at radius 3 is 2.28 bits per heavy atom. The Hall–Kier alpha value is -3.43. The summed E-state index contributed by atoms with van der Waals surface area (Å²) in [6, 6.07) is 25.4. The van der Waals surface area contributed by atoms with E-state index in [4.69, 9.17) is 0 Å². The summed E-state index contributed by atoms with van der Waals surface area (Å²) >= 11 is 3.21. The van der Waals surface area contributed by atoms with Crippen LogP contribution in [0.25, 0.3) is 0 Å². The second kappa shape index (κ2) is 13.0. The van der Waals surface area contributed by atoms with Crippen LogP contribution in [0.1, 0.15) is 23.9 Å². The van der Waals surface area contributed by atoms with E-state index < -0.39 is 0 Å². The van der Waals surface area contributed by atoms with Crippen molar-refractivity contribution in [1.29, 1.82) is 0 Å². The van der Waals surface area contributed by atoms with E-state index in [0.717, 1.165) is 40.4 Å². The molecule has 36 heavy (non-hydrogen) atoms. The molecule has 4 aromatic rings. The number of amides is 1. The molecule has 7 nitrogen and oxygen atoms in total. The number of azo groups is 1. The summed E-state index contributed by atoms with van der Waals surface area (Å²) < 4.78 is 2.08. The molecule has 0 fully saturated rings. The molecule has 1 aromatic heterocycles. The molecule has 3 aromatic carbocycles. The summed E-state index contributed by atoms with van der Waals surface area (Å²) in [5.74, 6) is 2.78. The van der Waals surface area contributed by atoms with Gasteiger partial charge >= 0.3 is 0 Å². The molecule has 4 rings (SSSR count). The topological polar surface area (TPSA) is 84.5 Å². The van der Waals surface area contributed by atoms with E-state index >= 15 is 0 Å². The van der Waals surface area contributed by atoms with Crippen LogP contribution in [-0.2, 0) is 22.8 Å². The van der Waals surface area contributed by atoms with E-state index in [0.29, 0.717) is 5.69 Å². The molecular weight excluding hydrogens is 488 g/mol. The van der Waals surface area contributed by atoms with Gasteiger partial charge in [-0.05, 0) is 55.8 Å². The third-order valence-corrected chi connectivity index (χ3v) is 7.22. The molecule has 1 N–H and O–H groups in total. The van der Waals surface area contributed by atoms with Crippen molar-refractivity contribution < 1.29 is 4.79 Å². The van der Waals surface area contributed by atoms with Crippen molar-refractivity contribution in [1.82, 2.24) is 14.8 Å². The maximum atomic E-state index is 12.5. The zero-order chi connectivity index (χ0) is 25.2. The summed E-state index contributed by atoms with van der Waals surface area (Å²) in [5.41, 5.74) is 4.79. The molecule has 184 valence electrons. The lowest BCUT2D eigenvalue weighted by molar-refractivity contribution is -0.113. The number of aryl methyl sites for hydroxylation is 1. The lowest BCUT2D eigenvalue weighted by atomic mass is 10.2. The molecule has 0 saturated carbocycles. The smallest absolute Gasteiger partial charge is 0.234 e. The standard InChI is InChI=1S/C27H28N6OS2/c1-3-33-25(18-35-17-21-11-9-20(2)10-12-21)31-32-27(33)36-19-26(34)28-22-13-15-24(16-14-22)30-29-23-7-5-4-6-8-23/h4-16H,3,17-19H2,1-2H3,(H,28,34). The first-order chi connectivity index (χ1) is 17.6. The van der Waals surface area contributed by atoms with Gasteiger partial charge in [0, 0.05) is 18.0 Å². The first kappa shape index (κ1) is 25.7. The first-order valence-corrected chi connectivity index (χ1v) is 13.8. The highest BCUT2D eigenvalue weighted by Crippen LogP contribution is 2.23. The maximum Gasteiger partial charge on any atom is 0.234 e. The number of carbonyl (C=O) groups excluding carboxylic acids is 1. The Kier molecular flexibility index (Phi) is 9.29. The van der Waals surface area contributed by atoms with Crippen LogP contribution >= 0.6 is 23.5 Å². The molecule has 9 heteroatoms. The van der Waals surface area contributed by atoms with Crippen molar-refractivity contribution in [3.63, 3.8) is 0 Å². The lowest BCUT2D eigenvalue weighted by Crippen LogP contribution is -2.14. The van der Waals surface area contributed by atoms with Crippen LogP contribution in [-0.4, -0.2) is 26.4 Å². The van der Waals surface area contributed by atoms with Crippen molar-refractivity contribution in [2.45, 2.75) is 37.1 Å². The van der Waals surface area contributed by atoms with Crippen LogP contribution in [0.15, 0.2) is 94.2 Å². The van der Waals surface area contributed by atoms with Crippen molar-refractivity contribution in [2.24, 2.45) is 10.2 Å². The average molecular weight is 517 g/mol. The van der Waals surface area contributed by atoms with Crippen molar-refractivity contribution in [3.05, 3.63) is 95.8 Å². The number of carbonyl (C=O) groups is 1. The van der Waals surface area contributed by atoms with Gasteiger partial charge in [-0.1, -0.05) is 59.8 Å². The van der Waals surface area contributed by atoms with Crippen LogP contribution in [0.2, 0.25) is 0 Å². The van der Waals surface area contributed by atoms with E-state index in [9.17, 15) is 4.79 Å². The Morgan fingerprint density at radius 2 is 1.58 bits per heavy atom. The normalized spacial score (nSPS) is 11.2. The lowest BCUT2D eigenvalue weighted by Gasteiger charge is -2.08. The van der Waals surface area contributed by atoms with Crippen LogP contribution in [0.5, 0.6) is 0 Å². The number of thioether (sulfide) groups is 2. The summed E-state index contributed by atoms with van der Waals surface area (Å²) in [4.78, 5) is 12.5. The summed E-state index contributed by atoms with van der Waals surface area (Å²) in [6.07, 6.45) is 0. The molecule has 0 aliphatic carbocycles. The molecule has 0 bridgehead atoms. The van der Waals surface area contributed by atoms with Gasteiger partial charge in [-0.3, -0.25) is 4.79 Å². The van der Waals surface area contributed by atoms with Gasteiger partial charge in [-0.15, -0.1) is 22.0 Å². The zero-order valence-electron chi connectivity index (χ0n) is 20.3. The van der Waals surface area contributed by atoms with E-state index in [1.807, 2.05) is 66.4 Å². The van der Waals surface area contributed by atoms with Gasteiger partial charge in [0.2, 0.25) is 5.91 Å². The van der Waals surface area contributed by atoms with E-state index in [2.05, 4.69) is 68.4 Å². The molecular formula is C27H28N6OS2. The van der Waals surface area contributed by atoms with Crippen molar-refractivity contribution in [3.8, 4) is 0 Å². The molecule has 0 radical (unpaired) electrons. The van der Waals surface area contributed by atoms with Crippen LogP contribution in [0.4, 0.5) is 17.1 Å². The Bertz CT molecular complexity index is 1290. The number of aromatic nitrogens is 3. The van der Waals surface area contributed by atoms with Crippen molar-refractivity contribution in [2.75, 3.05) is 11.1 Å². The second-order valence-electron chi connectivity index (χ2n) is 8.04. The number of hydrogen-bond acceptors (Lipinski definition) is 7. The number of hydrogen-bond donors (Lipinski definition) is 1. The molecule has 1 amide bonds. The molecule has 0 atom stereocenters. The average Bonchev–Trinajstić information content (AvgIpc) is 3.30. The first-order valence-electron chi connectivity index (χ1n) is 11.7.